The van der Waals surface area contributed by atoms with Crippen molar-refractivity contribution in [3.05, 3.63) is 96.1 Å². The van der Waals surface area contributed by atoms with Gasteiger partial charge in [-0.2, -0.15) is 4.31 Å². The molecular weight excluding hydrogens is 432 g/mol. The number of amides is 1. The Balaban J connectivity index is 1.48. The van der Waals surface area contributed by atoms with E-state index in [0.717, 1.165) is 24.1 Å². The van der Waals surface area contributed by atoms with Gasteiger partial charge >= 0.3 is 0 Å². The van der Waals surface area contributed by atoms with Gasteiger partial charge in [0.25, 0.3) is 0 Å². The van der Waals surface area contributed by atoms with Crippen LogP contribution in [-0.2, 0) is 21.2 Å². The molecule has 2 aliphatic heterocycles. The van der Waals surface area contributed by atoms with Gasteiger partial charge in [-0.25, -0.2) is 8.42 Å². The van der Waals surface area contributed by atoms with E-state index >= 15 is 0 Å². The summed E-state index contributed by atoms with van der Waals surface area (Å²) in [5, 5.41) is 0. The normalized spacial score (nSPS) is 21.4. The number of carbonyl (C=O) groups is 1. The van der Waals surface area contributed by atoms with Crippen LogP contribution in [0.4, 0.5) is 5.69 Å². The van der Waals surface area contributed by atoms with E-state index in [4.69, 9.17) is 0 Å². The first kappa shape index (κ1) is 21.9. The first-order chi connectivity index (χ1) is 16.1. The molecule has 2 atom stereocenters. The number of fused-ring (bicyclic) bond motifs is 1. The highest BCUT2D eigenvalue weighted by atomic mass is 32.2. The second-order valence-electron chi connectivity index (χ2n) is 8.81. The van der Waals surface area contributed by atoms with E-state index < -0.39 is 10.0 Å². The fourth-order valence-corrected chi connectivity index (χ4v) is 6.84. The van der Waals surface area contributed by atoms with Crippen molar-refractivity contribution >= 4 is 21.6 Å². The molecule has 2 aliphatic rings. The van der Waals surface area contributed by atoms with E-state index in [0.29, 0.717) is 19.4 Å². The predicted octanol–water partition coefficient (Wildman–Crippen LogP) is 4.81. The summed E-state index contributed by atoms with van der Waals surface area (Å²) < 4.78 is 29.0. The summed E-state index contributed by atoms with van der Waals surface area (Å²) in [5.74, 6) is -0.337. The van der Waals surface area contributed by atoms with Crippen LogP contribution in [-0.4, -0.2) is 31.7 Å². The molecule has 0 N–H and O–H groups in total. The number of hydrogen-bond acceptors (Lipinski definition) is 3. The molecule has 1 fully saturated rings. The minimum Gasteiger partial charge on any atom is -0.312 e. The Morgan fingerprint density at radius 1 is 0.818 bits per heavy atom. The molecule has 0 aliphatic carbocycles. The monoisotopic (exact) mass is 460 g/mol. The number of nitrogens with zero attached hydrogens (tertiary/aromatic N) is 2. The van der Waals surface area contributed by atoms with Gasteiger partial charge in [-0.15, -0.1) is 0 Å². The van der Waals surface area contributed by atoms with E-state index in [1.54, 1.807) is 28.6 Å². The van der Waals surface area contributed by atoms with Crippen molar-refractivity contribution in [2.75, 3.05) is 18.0 Å². The molecule has 2 heterocycles. The molecular formula is C27H28N2O3S. The number of piperidine rings is 1. The van der Waals surface area contributed by atoms with E-state index in [1.807, 2.05) is 59.5 Å². The number of anilines is 1. The molecule has 0 bridgehead atoms. The van der Waals surface area contributed by atoms with Crippen molar-refractivity contribution in [1.29, 1.82) is 0 Å². The maximum Gasteiger partial charge on any atom is 0.243 e. The minimum atomic E-state index is -3.75. The van der Waals surface area contributed by atoms with Gasteiger partial charge < -0.3 is 4.90 Å². The topological polar surface area (TPSA) is 57.7 Å². The second kappa shape index (κ2) is 9.12. The quantitative estimate of drug-likeness (QED) is 0.562. The Morgan fingerprint density at radius 2 is 1.48 bits per heavy atom. The summed E-state index contributed by atoms with van der Waals surface area (Å²) in [6, 6.07) is 26.1. The largest absolute Gasteiger partial charge is 0.312 e. The van der Waals surface area contributed by atoms with Gasteiger partial charge in [-0.3, -0.25) is 4.79 Å². The lowest BCUT2D eigenvalue weighted by Gasteiger charge is -2.40. The van der Waals surface area contributed by atoms with Crippen LogP contribution < -0.4 is 4.90 Å². The zero-order chi connectivity index (χ0) is 22.8. The molecule has 0 saturated carbocycles. The smallest absolute Gasteiger partial charge is 0.243 e. The molecule has 3 aromatic carbocycles. The fraction of sp³-hybridized carbons (Fsp3) is 0.296. The van der Waals surface area contributed by atoms with Gasteiger partial charge in [0.1, 0.15) is 0 Å². The number of carbonyl (C=O) groups excluding carboxylic acids is 1. The Labute approximate surface area is 195 Å². The summed E-state index contributed by atoms with van der Waals surface area (Å²) in [4.78, 5) is 15.8. The highest BCUT2D eigenvalue weighted by Crippen LogP contribution is 2.39. The van der Waals surface area contributed by atoms with E-state index in [1.165, 1.54) is 5.56 Å². The third kappa shape index (κ3) is 4.21. The van der Waals surface area contributed by atoms with E-state index in [-0.39, 0.29) is 29.3 Å². The van der Waals surface area contributed by atoms with Gasteiger partial charge in [0.15, 0.2) is 0 Å². The Bertz CT molecular complexity index is 1230. The van der Waals surface area contributed by atoms with E-state index in [2.05, 4.69) is 6.07 Å². The Kier molecular flexibility index (Phi) is 6.04. The van der Waals surface area contributed by atoms with Crippen molar-refractivity contribution in [3.63, 3.8) is 0 Å². The third-order valence-corrected chi connectivity index (χ3v) is 8.69. The molecule has 5 nitrogen and oxygen atoms in total. The van der Waals surface area contributed by atoms with Crippen molar-refractivity contribution in [3.8, 4) is 0 Å². The lowest BCUT2D eigenvalue weighted by atomic mass is 9.89. The SMILES string of the molecule is O=C([C@@H]1CC[C@H](c2ccccc2)N(S(=O)(=O)c2ccccc2)C1)N1CCCc2ccccc21. The van der Waals surface area contributed by atoms with Crippen LogP contribution >= 0.6 is 0 Å². The van der Waals surface area contributed by atoms with Gasteiger partial charge in [0.2, 0.25) is 15.9 Å². The molecule has 0 radical (unpaired) electrons. The van der Waals surface area contributed by atoms with Crippen LogP contribution in [0.25, 0.3) is 0 Å². The Hall–Kier alpha value is -2.96. The minimum absolute atomic E-state index is 0.0296. The summed E-state index contributed by atoms with van der Waals surface area (Å²) in [5.41, 5.74) is 3.12. The number of aryl methyl sites for hydroxylation is 1. The van der Waals surface area contributed by atoms with Crippen LogP contribution in [0.1, 0.15) is 36.4 Å². The van der Waals surface area contributed by atoms with Crippen LogP contribution in [0.5, 0.6) is 0 Å². The lowest BCUT2D eigenvalue weighted by molar-refractivity contribution is -0.123. The van der Waals surface area contributed by atoms with Crippen molar-refractivity contribution in [2.24, 2.45) is 5.92 Å². The first-order valence-electron chi connectivity index (χ1n) is 11.6. The number of rotatable bonds is 4. The zero-order valence-electron chi connectivity index (χ0n) is 18.5. The number of benzene rings is 3. The van der Waals surface area contributed by atoms with Gasteiger partial charge in [0, 0.05) is 18.8 Å². The molecule has 0 aromatic heterocycles. The number of para-hydroxylation sites is 1. The van der Waals surface area contributed by atoms with Crippen LogP contribution in [0, 0.1) is 5.92 Å². The van der Waals surface area contributed by atoms with Crippen molar-refractivity contribution < 1.29 is 13.2 Å². The average molecular weight is 461 g/mol. The van der Waals surface area contributed by atoms with Gasteiger partial charge in [-0.1, -0.05) is 66.7 Å². The Morgan fingerprint density at radius 3 is 2.24 bits per heavy atom. The second-order valence-corrected chi connectivity index (χ2v) is 10.7. The summed E-state index contributed by atoms with van der Waals surface area (Å²) in [6.45, 7) is 0.869. The molecule has 3 aromatic rings. The molecule has 0 unspecified atom stereocenters. The van der Waals surface area contributed by atoms with Gasteiger partial charge in [-0.05, 0) is 55.0 Å². The highest BCUT2D eigenvalue weighted by molar-refractivity contribution is 7.89. The average Bonchev–Trinajstić information content (AvgIpc) is 2.88. The van der Waals surface area contributed by atoms with Crippen LogP contribution in [0.15, 0.2) is 89.8 Å². The first-order valence-corrected chi connectivity index (χ1v) is 13.0. The van der Waals surface area contributed by atoms with Crippen LogP contribution in [0.2, 0.25) is 0 Å². The molecule has 5 rings (SSSR count). The summed E-state index contributed by atoms with van der Waals surface area (Å²) in [6.07, 6.45) is 3.17. The summed E-state index contributed by atoms with van der Waals surface area (Å²) >= 11 is 0. The predicted molar refractivity (Wildman–Crippen MR) is 129 cm³/mol. The maximum atomic E-state index is 13.7. The molecule has 170 valence electrons. The molecule has 0 spiro atoms. The van der Waals surface area contributed by atoms with Gasteiger partial charge in [0.05, 0.1) is 16.9 Å². The highest BCUT2D eigenvalue weighted by Gasteiger charge is 2.41. The van der Waals surface area contributed by atoms with E-state index in [9.17, 15) is 13.2 Å². The van der Waals surface area contributed by atoms with Crippen molar-refractivity contribution in [1.82, 2.24) is 4.31 Å². The van der Waals surface area contributed by atoms with Crippen LogP contribution in [0.3, 0.4) is 0 Å². The molecule has 1 amide bonds. The van der Waals surface area contributed by atoms with Crippen molar-refractivity contribution in [2.45, 2.75) is 36.6 Å². The molecule has 6 heteroatoms. The standard InChI is InChI=1S/C27H28N2O3S/c30-27(28-19-9-13-21-12-7-8-16-25(21)28)23-17-18-26(22-10-3-1-4-11-22)29(20-23)33(31,32)24-14-5-2-6-15-24/h1-8,10-12,14-16,23,26H,9,13,17-20H2/t23-,26-/m1/s1. The molecule has 1 saturated heterocycles. The maximum absolute atomic E-state index is 13.7. The fourth-order valence-electron chi connectivity index (χ4n) is 5.12. The lowest BCUT2D eigenvalue weighted by Crippen LogP contribution is -2.49. The number of sulfonamides is 1. The number of hydrogen-bond donors (Lipinski definition) is 0. The zero-order valence-corrected chi connectivity index (χ0v) is 19.3. The summed E-state index contributed by atoms with van der Waals surface area (Å²) in [7, 11) is -3.75. The third-order valence-electron chi connectivity index (χ3n) is 6.80. The molecule has 33 heavy (non-hydrogen) atoms.